The molecule has 0 aromatic rings. The molecular weight excluding hydrogens is 372 g/mol. The van der Waals surface area contributed by atoms with Crippen LogP contribution in [0.4, 0.5) is 4.79 Å². The van der Waals surface area contributed by atoms with Crippen molar-refractivity contribution in [1.82, 2.24) is 0 Å². The van der Waals surface area contributed by atoms with Crippen molar-refractivity contribution in [3.05, 3.63) is 0 Å². The molecule has 0 saturated heterocycles. The van der Waals surface area contributed by atoms with Crippen molar-refractivity contribution in [3.63, 3.8) is 0 Å². The second-order valence-electron chi connectivity index (χ2n) is 9.02. The standard InChI is InChI=1S/C27H54O3/c1-3-5-7-9-11-13-15-17-19-21-23-25-29-27(28)30-26-24-22-20-18-16-14-12-10-8-6-4-2/h3-26H2,1-2H3. The summed E-state index contributed by atoms with van der Waals surface area (Å²) in [6, 6.07) is 0. The molecule has 0 amide bonds. The van der Waals surface area contributed by atoms with E-state index >= 15 is 0 Å². The van der Waals surface area contributed by atoms with Crippen molar-refractivity contribution in [2.75, 3.05) is 13.2 Å². The summed E-state index contributed by atoms with van der Waals surface area (Å²) in [5.74, 6) is 0. The summed E-state index contributed by atoms with van der Waals surface area (Å²) in [5, 5.41) is 0. The number of hydrogen-bond acceptors (Lipinski definition) is 3. The van der Waals surface area contributed by atoms with Gasteiger partial charge in [0.05, 0.1) is 13.2 Å². The molecule has 0 aliphatic heterocycles. The van der Waals surface area contributed by atoms with E-state index in [-0.39, 0.29) is 0 Å². The van der Waals surface area contributed by atoms with Crippen LogP contribution >= 0.6 is 0 Å². The first-order valence-corrected chi connectivity index (χ1v) is 13.6. The smallest absolute Gasteiger partial charge is 0.434 e. The molecule has 0 aliphatic rings. The zero-order valence-corrected chi connectivity index (χ0v) is 20.7. The van der Waals surface area contributed by atoms with Crippen LogP contribution in [0.3, 0.4) is 0 Å². The fourth-order valence-electron chi connectivity index (χ4n) is 3.89. The first-order valence-electron chi connectivity index (χ1n) is 13.6. The van der Waals surface area contributed by atoms with Crippen LogP contribution in [0, 0.1) is 0 Å². The average molecular weight is 427 g/mol. The molecule has 0 unspecified atom stereocenters. The Morgan fingerprint density at radius 1 is 0.400 bits per heavy atom. The number of carbonyl (C=O) groups is 1. The third-order valence-electron chi connectivity index (χ3n) is 5.94. The Labute approximate surface area is 189 Å². The minimum atomic E-state index is -0.478. The lowest BCUT2D eigenvalue weighted by Gasteiger charge is -2.07. The van der Waals surface area contributed by atoms with E-state index in [1.165, 1.54) is 116 Å². The summed E-state index contributed by atoms with van der Waals surface area (Å²) in [6.45, 7) is 5.55. The van der Waals surface area contributed by atoms with Gasteiger partial charge in [0.15, 0.2) is 0 Å². The maximum atomic E-state index is 11.6. The summed E-state index contributed by atoms with van der Waals surface area (Å²) in [6.07, 6.45) is 28.2. The van der Waals surface area contributed by atoms with Crippen molar-refractivity contribution in [3.8, 4) is 0 Å². The Kier molecular flexibility index (Phi) is 25.7. The van der Waals surface area contributed by atoms with Crippen LogP contribution in [0.2, 0.25) is 0 Å². The summed E-state index contributed by atoms with van der Waals surface area (Å²) in [7, 11) is 0. The van der Waals surface area contributed by atoms with Crippen molar-refractivity contribution in [2.45, 2.75) is 155 Å². The van der Waals surface area contributed by atoms with E-state index in [1.807, 2.05) is 0 Å². The SMILES string of the molecule is CCCCCCCCCCCCCOC(=O)OCCCCCCCCCCCCC. The van der Waals surface area contributed by atoms with E-state index in [1.54, 1.807) is 0 Å². The van der Waals surface area contributed by atoms with Gasteiger partial charge in [-0.15, -0.1) is 0 Å². The van der Waals surface area contributed by atoms with Crippen molar-refractivity contribution < 1.29 is 14.3 Å². The van der Waals surface area contributed by atoms with Crippen LogP contribution in [0.5, 0.6) is 0 Å². The first kappa shape index (κ1) is 29.3. The average Bonchev–Trinajstić information content (AvgIpc) is 2.75. The van der Waals surface area contributed by atoms with Crippen molar-refractivity contribution >= 4 is 6.16 Å². The number of carbonyl (C=O) groups excluding carboxylic acids is 1. The molecular formula is C27H54O3. The molecule has 3 nitrogen and oxygen atoms in total. The third kappa shape index (κ3) is 25.3. The van der Waals surface area contributed by atoms with E-state index in [0.29, 0.717) is 13.2 Å². The molecule has 0 saturated carbocycles. The third-order valence-corrected chi connectivity index (χ3v) is 5.94. The Morgan fingerprint density at radius 2 is 0.633 bits per heavy atom. The Balaban J connectivity index is 3.14. The number of ether oxygens (including phenoxy) is 2. The molecule has 0 N–H and O–H groups in total. The normalized spacial score (nSPS) is 11.0. The summed E-state index contributed by atoms with van der Waals surface area (Å²) in [5.41, 5.74) is 0. The topological polar surface area (TPSA) is 35.5 Å². The highest BCUT2D eigenvalue weighted by molar-refractivity contribution is 5.59. The van der Waals surface area contributed by atoms with Crippen LogP contribution < -0.4 is 0 Å². The predicted molar refractivity (Wildman–Crippen MR) is 130 cm³/mol. The van der Waals surface area contributed by atoms with Gasteiger partial charge in [0.25, 0.3) is 0 Å². The summed E-state index contributed by atoms with van der Waals surface area (Å²) < 4.78 is 10.3. The molecule has 0 heterocycles. The first-order chi connectivity index (χ1) is 14.8. The summed E-state index contributed by atoms with van der Waals surface area (Å²) >= 11 is 0. The molecule has 0 fully saturated rings. The molecule has 30 heavy (non-hydrogen) atoms. The van der Waals surface area contributed by atoms with Crippen LogP contribution in [0.1, 0.15) is 155 Å². The van der Waals surface area contributed by atoms with Gasteiger partial charge in [-0.25, -0.2) is 4.79 Å². The molecule has 180 valence electrons. The molecule has 3 heteroatoms. The minimum absolute atomic E-state index is 0.478. The molecule has 0 spiro atoms. The zero-order valence-electron chi connectivity index (χ0n) is 20.7. The van der Waals surface area contributed by atoms with Crippen LogP contribution in [0.15, 0.2) is 0 Å². The largest absolute Gasteiger partial charge is 0.508 e. The highest BCUT2D eigenvalue weighted by Crippen LogP contribution is 2.12. The van der Waals surface area contributed by atoms with E-state index < -0.39 is 6.16 Å². The van der Waals surface area contributed by atoms with Crippen LogP contribution in [-0.4, -0.2) is 19.4 Å². The maximum Gasteiger partial charge on any atom is 0.508 e. The highest BCUT2D eigenvalue weighted by Gasteiger charge is 2.03. The molecule has 0 bridgehead atoms. The molecule has 0 aromatic carbocycles. The van der Waals surface area contributed by atoms with E-state index in [4.69, 9.17) is 9.47 Å². The number of rotatable bonds is 24. The monoisotopic (exact) mass is 426 g/mol. The fourth-order valence-corrected chi connectivity index (χ4v) is 3.89. The van der Waals surface area contributed by atoms with Gasteiger partial charge < -0.3 is 9.47 Å². The van der Waals surface area contributed by atoms with Gasteiger partial charge >= 0.3 is 6.16 Å². The Hall–Kier alpha value is -0.730. The molecule has 0 aromatic heterocycles. The minimum Gasteiger partial charge on any atom is -0.434 e. The molecule has 0 radical (unpaired) electrons. The highest BCUT2D eigenvalue weighted by atomic mass is 16.7. The van der Waals surface area contributed by atoms with Gasteiger partial charge in [-0.3, -0.25) is 0 Å². The number of unbranched alkanes of at least 4 members (excludes halogenated alkanes) is 20. The van der Waals surface area contributed by atoms with Gasteiger partial charge in [0, 0.05) is 0 Å². The lowest BCUT2D eigenvalue weighted by atomic mass is 10.1. The second kappa shape index (κ2) is 26.3. The van der Waals surface area contributed by atoms with Crippen LogP contribution in [0.25, 0.3) is 0 Å². The predicted octanol–water partition coefficient (Wildman–Crippen LogP) is 9.76. The van der Waals surface area contributed by atoms with E-state index in [0.717, 1.165) is 25.7 Å². The lowest BCUT2D eigenvalue weighted by Crippen LogP contribution is -2.09. The van der Waals surface area contributed by atoms with Crippen LogP contribution in [-0.2, 0) is 9.47 Å². The molecule has 0 rings (SSSR count). The molecule has 0 aliphatic carbocycles. The lowest BCUT2D eigenvalue weighted by molar-refractivity contribution is 0.0529. The van der Waals surface area contributed by atoms with E-state index in [2.05, 4.69) is 13.8 Å². The second-order valence-corrected chi connectivity index (χ2v) is 9.02. The Bertz CT molecular complexity index is 300. The molecule has 0 atom stereocenters. The van der Waals surface area contributed by atoms with Gasteiger partial charge in [-0.05, 0) is 12.8 Å². The van der Waals surface area contributed by atoms with Gasteiger partial charge in [-0.2, -0.15) is 0 Å². The van der Waals surface area contributed by atoms with Gasteiger partial charge in [-0.1, -0.05) is 142 Å². The Morgan fingerprint density at radius 3 is 0.900 bits per heavy atom. The quantitative estimate of drug-likeness (QED) is 0.114. The van der Waals surface area contributed by atoms with Gasteiger partial charge in [0.2, 0.25) is 0 Å². The zero-order chi connectivity index (χ0) is 22.0. The van der Waals surface area contributed by atoms with E-state index in [9.17, 15) is 4.79 Å². The fraction of sp³-hybridized carbons (Fsp3) is 0.963. The van der Waals surface area contributed by atoms with Crippen molar-refractivity contribution in [2.24, 2.45) is 0 Å². The van der Waals surface area contributed by atoms with Gasteiger partial charge in [0.1, 0.15) is 0 Å². The number of hydrogen-bond donors (Lipinski definition) is 0. The maximum absolute atomic E-state index is 11.6. The summed E-state index contributed by atoms with van der Waals surface area (Å²) in [4.78, 5) is 11.6. The van der Waals surface area contributed by atoms with Crippen molar-refractivity contribution in [1.29, 1.82) is 0 Å².